The monoisotopic (exact) mass is 1930 g/mol. The van der Waals surface area contributed by atoms with Crippen LogP contribution in [0.1, 0.15) is 233 Å². The molecule has 36 heteroatoms. The van der Waals surface area contributed by atoms with E-state index >= 15 is 0 Å². The van der Waals surface area contributed by atoms with Crippen molar-refractivity contribution >= 4 is 57.7 Å². The normalized spacial score (nSPS) is 22.2. The number of fused-ring (bicyclic) bond motifs is 1. The molecule has 4 aliphatic rings. The summed E-state index contributed by atoms with van der Waals surface area (Å²) < 4.78 is 77.8. The van der Waals surface area contributed by atoms with Crippen LogP contribution in [-0.2, 0) is 82.8 Å². The third-order valence-electron chi connectivity index (χ3n) is 23.6. The van der Waals surface area contributed by atoms with Gasteiger partial charge in [0.1, 0.15) is 72.6 Å². The van der Waals surface area contributed by atoms with Gasteiger partial charge in [-0.2, -0.15) is 19.9 Å². The summed E-state index contributed by atoms with van der Waals surface area (Å²) in [6.07, 6.45) is 2.74. The SMILES string of the molecule is CC(C)OC[C@H]1O[C@@H](n2cc(C(=O)NCCCc3ccccc3)c(N)nc2=O)[C@@H](C)C1OC(C)C.CC(C)OC[C@H]1O[C@@H](n2cc(C(=O)NCCc3ccccc3)c(N)nc2=O)[C@@H](C)C1OC(C)C.CC(C)OC[C@H]1O[C@@H](n2cc(C(=O)NCc3cccc4ccccc34)c(N)nc2=O)[C@@H](C)C1OC(C)C.CC(C)OC[C@H]1O[C@@H](n2cc(C(=O)NCc3ccccc3)c(N)nc2=O)[C@@H](C)C1OC(C)C. The zero-order valence-electron chi connectivity index (χ0n) is 83.7. The molecule has 0 saturated carbocycles. The van der Waals surface area contributed by atoms with Crippen molar-refractivity contribution in [2.45, 2.75) is 293 Å². The third kappa shape index (κ3) is 30.7. The maximum Gasteiger partial charge on any atom is 0.351 e. The van der Waals surface area contributed by atoms with Crippen molar-refractivity contribution in [1.82, 2.24) is 59.5 Å². The minimum absolute atomic E-state index is 0.0233. The van der Waals surface area contributed by atoms with Gasteiger partial charge in [0.15, 0.2) is 0 Å². The van der Waals surface area contributed by atoms with E-state index in [1.807, 2.05) is 260 Å². The number of hydrogen-bond acceptors (Lipinski definition) is 28. The highest BCUT2D eigenvalue weighted by molar-refractivity contribution is 6.00. The Morgan fingerprint density at radius 3 is 0.921 bits per heavy atom. The first-order valence-electron chi connectivity index (χ1n) is 48.1. The van der Waals surface area contributed by atoms with Crippen LogP contribution in [0.5, 0.6) is 0 Å². The van der Waals surface area contributed by atoms with Gasteiger partial charge < -0.3 is 101 Å². The molecule has 0 radical (unpaired) electrons. The van der Waals surface area contributed by atoms with Crippen LogP contribution in [0.4, 0.5) is 23.3 Å². The molecule has 12 N–H and O–H groups in total. The highest BCUT2D eigenvalue weighted by Crippen LogP contribution is 2.42. The first kappa shape index (κ1) is 109. The molecule has 4 unspecified atom stereocenters. The van der Waals surface area contributed by atoms with Crippen molar-refractivity contribution < 1.29 is 76.0 Å². The minimum Gasteiger partial charge on any atom is -0.383 e. The van der Waals surface area contributed by atoms with Gasteiger partial charge in [-0.3, -0.25) is 37.4 Å². The molecule has 4 fully saturated rings. The maximum absolute atomic E-state index is 13.2. The molecule has 0 spiro atoms. The van der Waals surface area contributed by atoms with E-state index in [2.05, 4.69) is 53.3 Å². The van der Waals surface area contributed by atoms with Crippen LogP contribution in [0.2, 0.25) is 0 Å². The van der Waals surface area contributed by atoms with Crippen molar-refractivity contribution in [2.75, 3.05) is 62.5 Å². The summed E-state index contributed by atoms with van der Waals surface area (Å²) in [4.78, 5) is 118. The van der Waals surface area contributed by atoms with Gasteiger partial charge in [0.05, 0.1) is 122 Å². The van der Waals surface area contributed by atoms with Crippen molar-refractivity contribution in [3.05, 3.63) is 245 Å². The number of carbonyl (C=O) groups is 4. The number of amides is 4. The Bertz CT molecular complexity index is 5700. The fourth-order valence-corrected chi connectivity index (χ4v) is 16.8. The van der Waals surface area contributed by atoms with E-state index in [1.165, 1.54) is 48.6 Å². The first-order chi connectivity index (χ1) is 66.2. The second-order valence-corrected chi connectivity index (χ2v) is 37.6. The van der Waals surface area contributed by atoms with Gasteiger partial charge in [-0.05, 0) is 163 Å². The lowest BCUT2D eigenvalue weighted by atomic mass is 10.0. The average Bonchev–Trinajstić information content (AvgIpc) is 1.49. The number of hydrogen-bond donors (Lipinski definition) is 8. The smallest absolute Gasteiger partial charge is 0.351 e. The molecule has 8 heterocycles. The molecule has 756 valence electrons. The number of carbonyl (C=O) groups excluding carboxylic acids is 4. The molecule has 9 aromatic rings. The molecule has 0 bridgehead atoms. The van der Waals surface area contributed by atoms with Crippen molar-refractivity contribution in [1.29, 1.82) is 0 Å². The molecule has 36 nitrogen and oxygen atoms in total. The van der Waals surface area contributed by atoms with E-state index in [1.54, 1.807) is 0 Å². The zero-order chi connectivity index (χ0) is 101. The van der Waals surface area contributed by atoms with E-state index in [0.29, 0.717) is 59.0 Å². The number of nitrogen functional groups attached to an aromatic ring is 4. The Morgan fingerprint density at radius 2 is 0.604 bits per heavy atom. The molecule has 4 aromatic heterocycles. The van der Waals surface area contributed by atoms with E-state index in [0.717, 1.165) is 40.3 Å². The summed E-state index contributed by atoms with van der Waals surface area (Å²) in [5.74, 6) is -2.82. The molecular formula is C103H144N16O20. The topological polar surface area (TPSA) is 471 Å². The van der Waals surface area contributed by atoms with Gasteiger partial charge in [-0.25, -0.2) is 19.2 Å². The summed E-state index contributed by atoms with van der Waals surface area (Å²) in [5.41, 5.74) is 26.2. The summed E-state index contributed by atoms with van der Waals surface area (Å²) in [6, 6.07) is 43.3. The molecule has 13 rings (SSSR count). The van der Waals surface area contributed by atoms with Gasteiger partial charge in [-0.1, -0.05) is 161 Å². The zero-order valence-corrected chi connectivity index (χ0v) is 83.7. The summed E-state index contributed by atoms with van der Waals surface area (Å²) in [7, 11) is 0. The number of anilines is 4. The molecule has 5 aromatic carbocycles. The second-order valence-electron chi connectivity index (χ2n) is 37.6. The Balaban J connectivity index is 0.000000191. The van der Waals surface area contributed by atoms with Gasteiger partial charge >= 0.3 is 22.8 Å². The standard InChI is InChI=1S/C28H36N4O5.C26H38N4O5.C25H36N4O5.C24H34N4O5/c1-16(2)35-15-23-24(36-17(3)4)18(5)27(37-23)32-14-22(25(29)31-28(32)34)26(33)30-13-20-11-8-10-19-9-6-7-12-21(19)20;1-16(2)33-15-21-22(34-17(3)4)18(5)25(35-21)30-14-20(23(27)29-26(30)32)24(31)28-13-9-12-19-10-7-6-8-11-19;1-15(2)32-14-20-21(33-16(3)4)17(5)24(34-20)29-13-19(22(26)28-25(29)31)23(30)27-12-11-18-9-7-6-8-10-18;1-14(2)31-13-19-20(32-15(3)4)16(5)23(33-19)28-12-18(21(25)27-24(28)30)22(29)26-11-17-9-7-6-8-10-17/h6-12,14,16-18,23-24,27H,13,15H2,1-5H3,(H,30,33)(H2,29,31,34);6-8,10-11,14,16-18,21-22,25H,9,12-13,15H2,1-5H3,(H,28,31)(H2,27,29,32);6-10,13,15-17,20-21,24H,11-12,14H2,1-5H3,(H,27,30)(H2,26,28,31);6-10,12,14-16,19-20,23H,11,13H2,1-5H3,(H,26,29)(H2,25,27,30)/t18-,23+,24?,27+;18-,21+,22?,25+;17-,20+,21?,24+;16-,19+,20?,23+/m0000/s1. The number of aromatic nitrogens is 8. The van der Waals surface area contributed by atoms with Crippen molar-refractivity contribution in [2.24, 2.45) is 23.7 Å². The molecule has 16 atom stereocenters. The molecular weight excluding hydrogens is 1780 g/mol. The largest absolute Gasteiger partial charge is 0.383 e. The van der Waals surface area contributed by atoms with Crippen LogP contribution in [0.25, 0.3) is 10.8 Å². The van der Waals surface area contributed by atoms with Gasteiger partial charge in [0, 0.05) is 74.6 Å². The first-order valence-corrected chi connectivity index (χ1v) is 48.1. The number of aryl methyl sites for hydroxylation is 1. The lowest BCUT2D eigenvalue weighted by molar-refractivity contribution is -0.0966. The number of nitrogens with one attached hydrogen (secondary N) is 4. The number of ether oxygens (including phenoxy) is 12. The predicted octanol–water partition coefficient (Wildman–Crippen LogP) is 11.7. The van der Waals surface area contributed by atoms with Gasteiger partial charge in [-0.15, -0.1) is 0 Å². The highest BCUT2D eigenvalue weighted by Gasteiger charge is 2.50. The van der Waals surface area contributed by atoms with Gasteiger partial charge in [0.25, 0.3) is 23.6 Å². The molecule has 4 aliphatic heterocycles. The number of benzene rings is 5. The number of nitrogens with zero attached hydrogens (tertiary/aromatic N) is 8. The minimum atomic E-state index is -0.685. The lowest BCUT2D eigenvalue weighted by Crippen LogP contribution is -2.36. The molecule has 4 saturated heterocycles. The third-order valence-corrected chi connectivity index (χ3v) is 23.6. The van der Waals surface area contributed by atoms with Crippen LogP contribution >= 0.6 is 0 Å². The van der Waals surface area contributed by atoms with Crippen LogP contribution in [0.3, 0.4) is 0 Å². The predicted molar refractivity (Wildman–Crippen MR) is 531 cm³/mol. The fraction of sp³-hybridized carbons (Fsp3) is 0.534. The van der Waals surface area contributed by atoms with E-state index in [4.69, 9.17) is 79.8 Å². The van der Waals surface area contributed by atoms with Crippen LogP contribution < -0.4 is 67.0 Å². The quantitative estimate of drug-likeness (QED) is 0.0166. The number of nitrogens with two attached hydrogens (primary N) is 4. The fourth-order valence-electron chi connectivity index (χ4n) is 16.8. The Kier molecular flexibility index (Phi) is 41.0. The summed E-state index contributed by atoms with van der Waals surface area (Å²) in [6.45, 7) is 41.9. The lowest BCUT2D eigenvalue weighted by Gasteiger charge is -2.24. The summed E-state index contributed by atoms with van der Waals surface area (Å²) >= 11 is 0. The molecule has 139 heavy (non-hydrogen) atoms. The van der Waals surface area contributed by atoms with E-state index in [-0.39, 0.29) is 173 Å². The molecule has 0 aliphatic carbocycles. The second kappa shape index (κ2) is 52.1. The maximum atomic E-state index is 13.2. The summed E-state index contributed by atoms with van der Waals surface area (Å²) in [5, 5.41) is 13.6. The highest BCUT2D eigenvalue weighted by atomic mass is 16.6. The van der Waals surface area contributed by atoms with E-state index < -0.39 is 65.4 Å². The van der Waals surface area contributed by atoms with Crippen LogP contribution in [0, 0.1) is 23.7 Å². The average molecular weight is 1930 g/mol. The van der Waals surface area contributed by atoms with Gasteiger partial charge in [0.2, 0.25) is 0 Å². The van der Waals surface area contributed by atoms with Crippen LogP contribution in [-0.4, -0.2) is 199 Å². The van der Waals surface area contributed by atoms with E-state index in [9.17, 15) is 38.4 Å². The van der Waals surface area contributed by atoms with Crippen molar-refractivity contribution in [3.8, 4) is 0 Å². The number of rotatable bonds is 39. The Hall–Kier alpha value is -11.5. The molecule has 4 amide bonds. The van der Waals surface area contributed by atoms with Crippen LogP contribution in [0.15, 0.2) is 177 Å². The Morgan fingerprint density at radius 1 is 0.331 bits per heavy atom. The van der Waals surface area contributed by atoms with Crippen molar-refractivity contribution in [3.63, 3.8) is 0 Å². The Labute approximate surface area is 813 Å².